The van der Waals surface area contributed by atoms with Gasteiger partial charge in [0, 0.05) is 19.1 Å². The summed E-state index contributed by atoms with van der Waals surface area (Å²) in [4.78, 5) is 38.8. The summed E-state index contributed by atoms with van der Waals surface area (Å²) in [6.45, 7) is 1.80. The average Bonchev–Trinajstić information content (AvgIpc) is 2.75. The first kappa shape index (κ1) is 18.9. The van der Waals surface area contributed by atoms with Crippen molar-refractivity contribution in [3.63, 3.8) is 0 Å². The predicted octanol–water partition coefficient (Wildman–Crippen LogP) is -1.88. The largest absolute Gasteiger partial charge is 0.369 e. The molecule has 146 valence electrons. The molecule has 4 N–H and O–H groups in total. The number of carbonyl (C=O) groups is 3. The molecule has 0 spiro atoms. The Bertz CT molecular complexity index is 713. The van der Waals surface area contributed by atoms with Crippen molar-refractivity contribution in [2.75, 3.05) is 26.2 Å². The van der Waals surface area contributed by atoms with Crippen molar-refractivity contribution >= 4 is 28.1 Å². The molecule has 4 amide bonds. The lowest BCUT2D eigenvalue weighted by Gasteiger charge is -2.42. The molecule has 3 rings (SSSR count). The van der Waals surface area contributed by atoms with Gasteiger partial charge in [0.2, 0.25) is 5.91 Å². The number of likely N-dealkylation sites (tertiary alicyclic amines) is 2. The molecule has 3 heterocycles. The van der Waals surface area contributed by atoms with Crippen molar-refractivity contribution in [2.24, 2.45) is 5.73 Å². The van der Waals surface area contributed by atoms with Gasteiger partial charge in [-0.15, -0.1) is 0 Å². The number of rotatable bonds is 4. The fourth-order valence-corrected chi connectivity index (χ4v) is 4.88. The van der Waals surface area contributed by atoms with Crippen molar-refractivity contribution in [2.45, 2.75) is 43.8 Å². The zero-order valence-electron chi connectivity index (χ0n) is 14.2. The summed E-state index contributed by atoms with van der Waals surface area (Å²) in [5.41, 5.74) is 5.21. The van der Waals surface area contributed by atoms with Crippen LogP contribution in [-0.4, -0.2) is 89.2 Å². The fourth-order valence-electron chi connectivity index (χ4n) is 3.98. The summed E-state index contributed by atoms with van der Waals surface area (Å²) >= 11 is 0. The zero-order chi connectivity index (χ0) is 19.1. The molecule has 3 aliphatic rings. The van der Waals surface area contributed by atoms with Crippen molar-refractivity contribution in [3.8, 4) is 0 Å². The quantitative estimate of drug-likeness (QED) is 0.376. The number of fused-ring (bicyclic) bond motifs is 1. The maximum atomic E-state index is 12.5. The first-order chi connectivity index (χ1) is 12.2. The molecule has 0 aromatic rings. The van der Waals surface area contributed by atoms with Gasteiger partial charge in [0.05, 0.1) is 12.6 Å². The van der Waals surface area contributed by atoms with Gasteiger partial charge in [-0.2, -0.15) is 8.42 Å². The topological polar surface area (TPSA) is 153 Å². The Morgan fingerprint density at radius 3 is 2.58 bits per heavy atom. The summed E-state index contributed by atoms with van der Waals surface area (Å²) < 4.78 is 31.9. The Kier molecular flexibility index (Phi) is 5.08. The van der Waals surface area contributed by atoms with E-state index in [1.54, 1.807) is 0 Å². The maximum absolute atomic E-state index is 12.5. The van der Waals surface area contributed by atoms with Gasteiger partial charge in [-0.25, -0.2) is 9.10 Å². The molecule has 0 radical (unpaired) electrons. The first-order valence-electron chi connectivity index (χ1n) is 8.57. The van der Waals surface area contributed by atoms with Gasteiger partial charge >= 0.3 is 16.3 Å². The van der Waals surface area contributed by atoms with E-state index in [1.165, 1.54) is 4.90 Å². The van der Waals surface area contributed by atoms with Crippen LogP contribution in [0.4, 0.5) is 4.79 Å². The smallest absolute Gasteiger partial charge is 0.362 e. The van der Waals surface area contributed by atoms with E-state index in [-0.39, 0.29) is 25.0 Å². The van der Waals surface area contributed by atoms with Gasteiger partial charge in [-0.3, -0.25) is 19.0 Å². The van der Waals surface area contributed by atoms with Crippen LogP contribution >= 0.6 is 0 Å². The van der Waals surface area contributed by atoms with Crippen molar-refractivity contribution in [3.05, 3.63) is 0 Å². The molecule has 0 saturated carbocycles. The van der Waals surface area contributed by atoms with Crippen molar-refractivity contribution in [1.82, 2.24) is 19.4 Å². The standard InChI is InChI=1S/C14H23N5O6S/c15-11(20)8-17-5-1-2-9(3-6-17)16-14(22)18-7-4-10-12(18)13(21)19(10)26(23,24)25/h9-10,12H,1-8H2,(H2,15,20)(H,16,22)(H,23,24,25)/t9-,10+,12-/m0/s1. The number of hydrogen-bond acceptors (Lipinski definition) is 6. The molecule has 3 fully saturated rings. The van der Waals surface area contributed by atoms with Gasteiger partial charge in [0.25, 0.3) is 5.91 Å². The summed E-state index contributed by atoms with van der Waals surface area (Å²) in [7, 11) is -4.58. The van der Waals surface area contributed by atoms with E-state index in [2.05, 4.69) is 5.32 Å². The van der Waals surface area contributed by atoms with E-state index in [0.29, 0.717) is 23.7 Å². The molecule has 12 heteroatoms. The number of carbonyl (C=O) groups excluding carboxylic acids is 3. The van der Waals surface area contributed by atoms with E-state index >= 15 is 0 Å². The van der Waals surface area contributed by atoms with Crippen LogP contribution in [0.1, 0.15) is 25.7 Å². The van der Waals surface area contributed by atoms with Crippen LogP contribution in [0.2, 0.25) is 0 Å². The predicted molar refractivity (Wildman–Crippen MR) is 89.1 cm³/mol. The lowest BCUT2D eigenvalue weighted by atomic mass is 10.0. The number of urea groups is 1. The Morgan fingerprint density at radius 2 is 1.92 bits per heavy atom. The number of β-lactam (4-membered cyclic amide) rings is 1. The van der Waals surface area contributed by atoms with Crippen LogP contribution in [0.15, 0.2) is 0 Å². The molecule has 0 aliphatic carbocycles. The zero-order valence-corrected chi connectivity index (χ0v) is 15.0. The third kappa shape index (κ3) is 3.62. The van der Waals surface area contributed by atoms with Gasteiger partial charge in [-0.1, -0.05) is 0 Å². The second kappa shape index (κ2) is 7.00. The van der Waals surface area contributed by atoms with Gasteiger partial charge < -0.3 is 16.0 Å². The SMILES string of the molecule is NC(=O)CN1CCC[C@H](NC(=O)N2CC[C@@H]3[C@H]2C(=O)N3S(=O)(=O)O)CC1. The molecule has 3 aliphatic heterocycles. The number of amides is 4. The molecule has 0 aromatic heterocycles. The third-order valence-electron chi connectivity index (χ3n) is 5.17. The minimum Gasteiger partial charge on any atom is -0.369 e. The van der Waals surface area contributed by atoms with Gasteiger partial charge in [0.1, 0.15) is 6.04 Å². The monoisotopic (exact) mass is 389 g/mol. The molecule has 0 unspecified atom stereocenters. The lowest BCUT2D eigenvalue weighted by Crippen LogP contribution is -2.69. The molecule has 3 atom stereocenters. The highest BCUT2D eigenvalue weighted by Gasteiger charge is 2.60. The molecule has 3 saturated heterocycles. The first-order valence-corrected chi connectivity index (χ1v) is 9.96. The summed E-state index contributed by atoms with van der Waals surface area (Å²) in [6, 6.07) is -2.03. The number of nitrogens with zero attached hydrogens (tertiary/aromatic N) is 3. The van der Waals surface area contributed by atoms with Gasteiger partial charge in [0.15, 0.2) is 0 Å². The normalized spacial score (nSPS) is 29.7. The highest BCUT2D eigenvalue weighted by atomic mass is 32.2. The van der Waals surface area contributed by atoms with E-state index in [0.717, 1.165) is 19.4 Å². The van der Waals surface area contributed by atoms with Crippen LogP contribution in [0.5, 0.6) is 0 Å². The van der Waals surface area contributed by atoms with Crippen LogP contribution < -0.4 is 11.1 Å². The van der Waals surface area contributed by atoms with E-state index in [1.807, 2.05) is 4.90 Å². The van der Waals surface area contributed by atoms with Crippen LogP contribution in [0.25, 0.3) is 0 Å². The van der Waals surface area contributed by atoms with Crippen LogP contribution in [-0.2, 0) is 19.9 Å². The molecule has 0 aromatic carbocycles. The number of nitrogens with two attached hydrogens (primary N) is 1. The van der Waals surface area contributed by atoms with E-state index in [4.69, 9.17) is 10.3 Å². The molecular weight excluding hydrogens is 366 g/mol. The Balaban J connectivity index is 1.55. The third-order valence-corrected chi connectivity index (χ3v) is 6.12. The van der Waals surface area contributed by atoms with Gasteiger partial charge in [-0.05, 0) is 32.2 Å². The summed E-state index contributed by atoms with van der Waals surface area (Å²) in [5.74, 6) is -1.17. The molecular formula is C14H23N5O6S. The molecule has 0 bridgehead atoms. The number of primary amides is 1. The number of hydrogen-bond donors (Lipinski definition) is 3. The average molecular weight is 389 g/mol. The van der Waals surface area contributed by atoms with E-state index in [9.17, 15) is 22.8 Å². The highest BCUT2D eigenvalue weighted by molar-refractivity contribution is 7.84. The summed E-state index contributed by atoms with van der Waals surface area (Å²) in [5, 5.41) is 2.90. The second-order valence-corrected chi connectivity index (χ2v) is 8.21. The minimum absolute atomic E-state index is 0.0905. The number of nitrogens with one attached hydrogen (secondary N) is 1. The molecule has 11 nitrogen and oxygen atoms in total. The Morgan fingerprint density at radius 1 is 1.19 bits per heavy atom. The fraction of sp³-hybridized carbons (Fsp3) is 0.786. The molecule has 26 heavy (non-hydrogen) atoms. The van der Waals surface area contributed by atoms with Crippen LogP contribution in [0, 0.1) is 0 Å². The van der Waals surface area contributed by atoms with Crippen molar-refractivity contribution in [1.29, 1.82) is 0 Å². The lowest BCUT2D eigenvalue weighted by molar-refractivity contribution is -0.143. The van der Waals surface area contributed by atoms with Crippen LogP contribution in [0.3, 0.4) is 0 Å². The Labute approximate surface area is 151 Å². The summed E-state index contributed by atoms with van der Waals surface area (Å²) in [6.07, 6.45) is 2.51. The van der Waals surface area contributed by atoms with Crippen molar-refractivity contribution < 1.29 is 27.4 Å². The Hall–Kier alpha value is -1.92. The maximum Gasteiger partial charge on any atom is 0.362 e. The highest BCUT2D eigenvalue weighted by Crippen LogP contribution is 2.35. The van der Waals surface area contributed by atoms with E-state index < -0.39 is 34.3 Å². The minimum atomic E-state index is -4.58. The second-order valence-electron chi connectivity index (χ2n) is 6.93.